The van der Waals surface area contributed by atoms with Crippen molar-refractivity contribution >= 4 is 22.6 Å². The van der Waals surface area contributed by atoms with Gasteiger partial charge in [0.15, 0.2) is 6.61 Å². The van der Waals surface area contributed by atoms with E-state index in [4.69, 9.17) is 4.74 Å². The summed E-state index contributed by atoms with van der Waals surface area (Å²) in [5, 5.41) is 2.93. The Labute approximate surface area is 163 Å². The fraction of sp³-hybridized carbons (Fsp3) is 0.130. The molecule has 0 atom stereocenters. The van der Waals surface area contributed by atoms with Gasteiger partial charge in [-0.05, 0) is 55.3 Å². The molecule has 0 aliphatic rings. The Kier molecular flexibility index (Phi) is 4.81. The number of aryl methyl sites for hydroxylation is 2. The Balaban J connectivity index is 1.52. The van der Waals surface area contributed by atoms with Crippen LogP contribution in [-0.4, -0.2) is 22.5 Å². The topological polar surface area (TPSA) is 67.0 Å². The first-order valence-electron chi connectivity index (χ1n) is 9.14. The van der Waals surface area contributed by atoms with Gasteiger partial charge in [0.05, 0.1) is 16.7 Å². The number of H-pyrrole nitrogens is 1. The minimum Gasteiger partial charge on any atom is -0.483 e. The first-order valence-corrected chi connectivity index (χ1v) is 9.14. The first kappa shape index (κ1) is 17.8. The van der Waals surface area contributed by atoms with Crippen LogP contribution < -0.4 is 10.1 Å². The maximum atomic E-state index is 12.5. The third kappa shape index (κ3) is 3.74. The molecule has 5 nitrogen and oxygen atoms in total. The van der Waals surface area contributed by atoms with Crippen molar-refractivity contribution in [3.8, 4) is 17.1 Å². The summed E-state index contributed by atoms with van der Waals surface area (Å²) in [6, 6.07) is 21.4. The Morgan fingerprint density at radius 1 is 1.04 bits per heavy atom. The molecule has 0 fully saturated rings. The Morgan fingerprint density at radius 2 is 1.82 bits per heavy atom. The summed E-state index contributed by atoms with van der Waals surface area (Å²) in [6.07, 6.45) is 0. The lowest BCUT2D eigenvalue weighted by atomic mass is 10.1. The SMILES string of the molecule is Cc1ccc(C)c(OCC(=O)Nc2ccccc2-c2nc3ccccc3[nH]2)c1. The molecule has 140 valence electrons. The van der Waals surface area contributed by atoms with E-state index in [-0.39, 0.29) is 12.5 Å². The molecule has 0 aliphatic heterocycles. The van der Waals surface area contributed by atoms with Gasteiger partial charge in [-0.25, -0.2) is 4.98 Å². The lowest BCUT2D eigenvalue weighted by molar-refractivity contribution is -0.118. The van der Waals surface area contributed by atoms with Crippen LogP contribution in [0.3, 0.4) is 0 Å². The van der Waals surface area contributed by atoms with E-state index >= 15 is 0 Å². The number of carbonyl (C=O) groups excluding carboxylic acids is 1. The standard InChI is InChI=1S/C23H21N3O2/c1-15-11-12-16(2)21(13-15)28-14-22(27)24-18-8-4-3-7-17(18)23-25-19-9-5-6-10-20(19)26-23/h3-13H,14H2,1-2H3,(H,24,27)(H,25,26). The summed E-state index contributed by atoms with van der Waals surface area (Å²) in [6.45, 7) is 3.90. The smallest absolute Gasteiger partial charge is 0.262 e. The quantitative estimate of drug-likeness (QED) is 0.526. The molecule has 0 aliphatic carbocycles. The van der Waals surface area contributed by atoms with Gasteiger partial charge in [-0.1, -0.05) is 36.4 Å². The highest BCUT2D eigenvalue weighted by Gasteiger charge is 2.12. The number of nitrogens with one attached hydrogen (secondary N) is 2. The van der Waals surface area contributed by atoms with Crippen molar-refractivity contribution in [3.05, 3.63) is 77.9 Å². The third-order valence-corrected chi connectivity index (χ3v) is 4.55. The molecule has 28 heavy (non-hydrogen) atoms. The molecule has 1 amide bonds. The number of nitrogens with zero attached hydrogens (tertiary/aromatic N) is 1. The monoisotopic (exact) mass is 371 g/mol. The molecule has 4 rings (SSSR count). The number of fused-ring (bicyclic) bond motifs is 1. The number of aromatic nitrogens is 2. The van der Waals surface area contributed by atoms with Crippen molar-refractivity contribution < 1.29 is 9.53 Å². The zero-order valence-corrected chi connectivity index (χ0v) is 15.8. The maximum Gasteiger partial charge on any atom is 0.262 e. The molecule has 3 aromatic carbocycles. The predicted molar refractivity (Wildman–Crippen MR) is 112 cm³/mol. The van der Waals surface area contributed by atoms with E-state index in [2.05, 4.69) is 15.3 Å². The summed E-state index contributed by atoms with van der Waals surface area (Å²) >= 11 is 0. The van der Waals surface area contributed by atoms with Crippen molar-refractivity contribution in [2.75, 3.05) is 11.9 Å². The van der Waals surface area contributed by atoms with E-state index in [1.165, 1.54) is 0 Å². The van der Waals surface area contributed by atoms with Crippen molar-refractivity contribution in [3.63, 3.8) is 0 Å². The number of benzene rings is 3. The average molecular weight is 371 g/mol. The second kappa shape index (κ2) is 7.56. The van der Waals surface area contributed by atoms with Gasteiger partial charge in [-0.2, -0.15) is 0 Å². The van der Waals surface area contributed by atoms with Gasteiger partial charge in [0.2, 0.25) is 0 Å². The van der Waals surface area contributed by atoms with E-state index in [1.54, 1.807) is 0 Å². The largest absolute Gasteiger partial charge is 0.483 e. The van der Waals surface area contributed by atoms with Crippen LogP contribution in [0.5, 0.6) is 5.75 Å². The Morgan fingerprint density at radius 3 is 2.68 bits per heavy atom. The van der Waals surface area contributed by atoms with Gasteiger partial charge in [0, 0.05) is 5.56 Å². The highest BCUT2D eigenvalue weighted by atomic mass is 16.5. The van der Waals surface area contributed by atoms with Gasteiger partial charge in [-0.15, -0.1) is 0 Å². The molecule has 0 saturated heterocycles. The molecule has 0 spiro atoms. The first-order chi connectivity index (χ1) is 13.6. The number of ether oxygens (including phenoxy) is 1. The fourth-order valence-electron chi connectivity index (χ4n) is 3.07. The molecule has 0 bridgehead atoms. The van der Waals surface area contributed by atoms with Crippen LogP contribution in [-0.2, 0) is 4.79 Å². The molecule has 0 unspecified atom stereocenters. The second-order valence-corrected chi connectivity index (χ2v) is 6.75. The van der Waals surface area contributed by atoms with Crippen molar-refractivity contribution in [2.45, 2.75) is 13.8 Å². The van der Waals surface area contributed by atoms with Crippen LogP contribution in [0.4, 0.5) is 5.69 Å². The summed E-state index contributed by atoms with van der Waals surface area (Å²) in [4.78, 5) is 20.4. The molecule has 2 N–H and O–H groups in total. The van der Waals surface area contributed by atoms with Gasteiger partial charge < -0.3 is 15.0 Å². The fourth-order valence-corrected chi connectivity index (χ4v) is 3.07. The number of rotatable bonds is 5. The molecule has 0 saturated carbocycles. The van der Waals surface area contributed by atoms with Gasteiger partial charge in [0.25, 0.3) is 5.91 Å². The summed E-state index contributed by atoms with van der Waals surface area (Å²) in [5.41, 5.74) is 5.46. The summed E-state index contributed by atoms with van der Waals surface area (Å²) < 4.78 is 5.71. The zero-order chi connectivity index (χ0) is 19.5. The van der Waals surface area contributed by atoms with Crippen molar-refractivity contribution in [1.29, 1.82) is 0 Å². The second-order valence-electron chi connectivity index (χ2n) is 6.75. The van der Waals surface area contributed by atoms with Crippen LogP contribution in [0.1, 0.15) is 11.1 Å². The number of hydrogen-bond donors (Lipinski definition) is 2. The molecule has 4 aromatic rings. The number of anilines is 1. The highest BCUT2D eigenvalue weighted by Crippen LogP contribution is 2.27. The van der Waals surface area contributed by atoms with Crippen LogP contribution in [0.25, 0.3) is 22.4 Å². The molecule has 1 heterocycles. The third-order valence-electron chi connectivity index (χ3n) is 4.55. The zero-order valence-electron chi connectivity index (χ0n) is 15.8. The van der Waals surface area contributed by atoms with Crippen molar-refractivity contribution in [1.82, 2.24) is 9.97 Å². The van der Waals surface area contributed by atoms with Gasteiger partial charge >= 0.3 is 0 Å². The van der Waals surface area contributed by atoms with E-state index in [9.17, 15) is 4.79 Å². The molecule has 5 heteroatoms. The minimum atomic E-state index is -0.218. The van der Waals surface area contributed by atoms with Crippen molar-refractivity contribution in [2.24, 2.45) is 0 Å². The van der Waals surface area contributed by atoms with Gasteiger partial charge in [-0.3, -0.25) is 4.79 Å². The van der Waals surface area contributed by atoms with Crippen LogP contribution in [0.15, 0.2) is 66.7 Å². The van der Waals surface area contributed by atoms with Crippen LogP contribution >= 0.6 is 0 Å². The number of amides is 1. The van der Waals surface area contributed by atoms with E-state index in [0.717, 1.165) is 33.5 Å². The highest BCUT2D eigenvalue weighted by molar-refractivity contribution is 5.96. The molecular weight excluding hydrogens is 350 g/mol. The number of carbonyl (C=O) groups is 1. The summed E-state index contributed by atoms with van der Waals surface area (Å²) in [5.74, 6) is 1.22. The summed E-state index contributed by atoms with van der Waals surface area (Å²) in [7, 11) is 0. The number of para-hydroxylation sites is 3. The predicted octanol–water partition coefficient (Wildman–Crippen LogP) is 4.86. The normalized spacial score (nSPS) is 10.8. The Bertz CT molecular complexity index is 1110. The van der Waals surface area contributed by atoms with E-state index < -0.39 is 0 Å². The minimum absolute atomic E-state index is 0.0568. The molecule has 0 radical (unpaired) electrons. The molecular formula is C23H21N3O2. The lowest BCUT2D eigenvalue weighted by Crippen LogP contribution is -2.20. The lowest BCUT2D eigenvalue weighted by Gasteiger charge is -2.12. The van der Waals surface area contributed by atoms with Crippen LogP contribution in [0.2, 0.25) is 0 Å². The number of aromatic amines is 1. The molecule has 1 aromatic heterocycles. The van der Waals surface area contributed by atoms with E-state index in [1.807, 2.05) is 80.6 Å². The van der Waals surface area contributed by atoms with Crippen LogP contribution in [0, 0.1) is 13.8 Å². The van der Waals surface area contributed by atoms with E-state index in [0.29, 0.717) is 11.5 Å². The Hall–Kier alpha value is -3.60. The maximum absolute atomic E-state index is 12.5. The average Bonchev–Trinajstić information content (AvgIpc) is 3.13. The number of hydrogen-bond acceptors (Lipinski definition) is 3. The van der Waals surface area contributed by atoms with Gasteiger partial charge in [0.1, 0.15) is 11.6 Å². The number of imidazole rings is 1.